The van der Waals surface area contributed by atoms with Gasteiger partial charge in [0.15, 0.2) is 5.96 Å². The summed E-state index contributed by atoms with van der Waals surface area (Å²) in [6, 6.07) is 14.9. The second kappa shape index (κ2) is 9.35. The molecule has 0 aliphatic heterocycles. The molecule has 0 saturated heterocycles. The van der Waals surface area contributed by atoms with E-state index < -0.39 is 10.0 Å². The van der Waals surface area contributed by atoms with Crippen LogP contribution in [0.15, 0.2) is 58.4 Å². The number of nitrogens with one attached hydrogen (secondary N) is 2. The summed E-state index contributed by atoms with van der Waals surface area (Å²) in [5, 5.41) is 11.7. The quantitative estimate of drug-likeness (QED) is 0.509. The zero-order valence-electron chi connectivity index (χ0n) is 15.2. The van der Waals surface area contributed by atoms with Crippen molar-refractivity contribution in [2.45, 2.75) is 31.2 Å². The van der Waals surface area contributed by atoms with Crippen LogP contribution in [-0.2, 0) is 29.4 Å². The average molecular weight is 375 g/mol. The van der Waals surface area contributed by atoms with Crippen LogP contribution < -0.4 is 15.8 Å². The van der Waals surface area contributed by atoms with Crippen LogP contribution in [0.1, 0.15) is 23.6 Å². The van der Waals surface area contributed by atoms with E-state index in [1.807, 2.05) is 6.07 Å². The maximum Gasteiger partial charge on any atom is 0.238 e. The summed E-state index contributed by atoms with van der Waals surface area (Å²) in [5.41, 5.74) is 3.61. The van der Waals surface area contributed by atoms with E-state index in [-0.39, 0.29) is 4.90 Å². The molecule has 0 bridgehead atoms. The Morgan fingerprint density at radius 2 is 1.69 bits per heavy atom. The molecule has 0 heterocycles. The fraction of sp³-hybridized carbons (Fsp3) is 0.316. The standard InChI is InChI=1S/C19H26N4O2S/c1-3-16-6-4-5-7-17(16)14-23-19(21-2)22-13-12-15-8-10-18(11-9-15)26(20,24)25/h4-11H,3,12-14H2,1-2H3,(H2,20,24,25)(H2,21,22,23). The Kier molecular flexibility index (Phi) is 7.17. The van der Waals surface area contributed by atoms with E-state index in [0.717, 1.165) is 24.4 Å². The Balaban J connectivity index is 1.84. The monoisotopic (exact) mass is 374 g/mol. The number of primary sulfonamides is 1. The van der Waals surface area contributed by atoms with Crippen LogP contribution in [0.3, 0.4) is 0 Å². The van der Waals surface area contributed by atoms with E-state index in [0.29, 0.717) is 13.1 Å². The van der Waals surface area contributed by atoms with Gasteiger partial charge in [-0.05, 0) is 41.7 Å². The minimum Gasteiger partial charge on any atom is -0.356 e. The van der Waals surface area contributed by atoms with Gasteiger partial charge in [-0.1, -0.05) is 43.3 Å². The lowest BCUT2D eigenvalue weighted by atomic mass is 10.1. The van der Waals surface area contributed by atoms with Gasteiger partial charge >= 0.3 is 0 Å². The SMILES string of the molecule is CCc1ccccc1CNC(=NC)NCCc1ccc(S(N)(=O)=O)cc1. The molecule has 0 radical (unpaired) electrons. The van der Waals surface area contributed by atoms with E-state index in [2.05, 4.69) is 40.7 Å². The summed E-state index contributed by atoms with van der Waals surface area (Å²) < 4.78 is 22.5. The molecule has 6 nitrogen and oxygen atoms in total. The molecule has 7 heteroatoms. The van der Waals surface area contributed by atoms with Crippen molar-refractivity contribution in [2.75, 3.05) is 13.6 Å². The molecule has 4 N–H and O–H groups in total. The Hall–Kier alpha value is -2.38. The Bertz CT molecular complexity index is 846. The first-order chi connectivity index (χ1) is 12.4. The van der Waals surface area contributed by atoms with Crippen LogP contribution in [0.2, 0.25) is 0 Å². The van der Waals surface area contributed by atoms with Gasteiger partial charge in [-0.2, -0.15) is 0 Å². The molecule has 0 fully saturated rings. The number of hydrogen-bond acceptors (Lipinski definition) is 3. The third kappa shape index (κ3) is 5.86. The van der Waals surface area contributed by atoms with Crippen LogP contribution in [0, 0.1) is 0 Å². The van der Waals surface area contributed by atoms with E-state index in [1.165, 1.54) is 23.3 Å². The van der Waals surface area contributed by atoms with Crippen LogP contribution in [0.25, 0.3) is 0 Å². The van der Waals surface area contributed by atoms with Crippen molar-refractivity contribution in [3.05, 3.63) is 65.2 Å². The van der Waals surface area contributed by atoms with E-state index in [9.17, 15) is 8.42 Å². The molecule has 0 aromatic heterocycles. The molecule has 0 unspecified atom stereocenters. The van der Waals surface area contributed by atoms with Crippen LogP contribution in [0.4, 0.5) is 0 Å². The van der Waals surface area contributed by atoms with Gasteiger partial charge < -0.3 is 10.6 Å². The van der Waals surface area contributed by atoms with Gasteiger partial charge in [-0.15, -0.1) is 0 Å². The minimum atomic E-state index is -3.64. The number of aryl methyl sites for hydroxylation is 1. The highest BCUT2D eigenvalue weighted by Gasteiger charge is 2.07. The summed E-state index contributed by atoms with van der Waals surface area (Å²) in [7, 11) is -1.90. The predicted molar refractivity (Wildman–Crippen MR) is 106 cm³/mol. The molecule has 140 valence electrons. The predicted octanol–water partition coefficient (Wildman–Crippen LogP) is 1.80. The van der Waals surface area contributed by atoms with Crippen molar-refractivity contribution >= 4 is 16.0 Å². The molecule has 0 saturated carbocycles. The highest BCUT2D eigenvalue weighted by atomic mass is 32.2. The largest absolute Gasteiger partial charge is 0.356 e. The number of rotatable bonds is 7. The lowest BCUT2D eigenvalue weighted by molar-refractivity contribution is 0.598. The van der Waals surface area contributed by atoms with Crippen LogP contribution >= 0.6 is 0 Å². The van der Waals surface area contributed by atoms with Gasteiger partial charge in [0.25, 0.3) is 0 Å². The van der Waals surface area contributed by atoms with Gasteiger partial charge in [0.1, 0.15) is 0 Å². The molecular formula is C19H26N4O2S. The van der Waals surface area contributed by atoms with Crippen molar-refractivity contribution in [1.82, 2.24) is 10.6 Å². The summed E-state index contributed by atoms with van der Waals surface area (Å²) in [6.07, 6.45) is 1.75. The maximum atomic E-state index is 11.3. The first-order valence-corrected chi connectivity index (χ1v) is 10.1. The molecule has 2 aromatic carbocycles. The zero-order valence-corrected chi connectivity index (χ0v) is 16.0. The fourth-order valence-corrected chi connectivity index (χ4v) is 3.16. The van der Waals surface area contributed by atoms with Crippen LogP contribution in [0.5, 0.6) is 0 Å². The first kappa shape index (κ1) is 19.9. The number of nitrogens with zero attached hydrogens (tertiary/aromatic N) is 1. The maximum absolute atomic E-state index is 11.3. The van der Waals surface area contributed by atoms with Gasteiger partial charge in [0.05, 0.1) is 4.90 Å². The second-order valence-electron chi connectivity index (χ2n) is 5.91. The Labute approximate surface area is 155 Å². The van der Waals surface area contributed by atoms with E-state index >= 15 is 0 Å². The van der Waals surface area contributed by atoms with Gasteiger partial charge in [0, 0.05) is 20.1 Å². The molecule has 2 rings (SSSR count). The molecule has 0 atom stereocenters. The lowest BCUT2D eigenvalue weighted by Crippen LogP contribution is -2.38. The third-order valence-corrected chi connectivity index (χ3v) is 5.06. The molecular weight excluding hydrogens is 348 g/mol. The lowest BCUT2D eigenvalue weighted by Gasteiger charge is -2.14. The normalized spacial score (nSPS) is 12.0. The molecule has 0 amide bonds. The van der Waals surface area contributed by atoms with Crippen LogP contribution in [-0.4, -0.2) is 28.0 Å². The number of benzene rings is 2. The number of nitrogens with two attached hydrogens (primary N) is 1. The van der Waals surface area contributed by atoms with Crippen molar-refractivity contribution in [3.8, 4) is 0 Å². The average Bonchev–Trinajstić information content (AvgIpc) is 2.64. The van der Waals surface area contributed by atoms with Crippen molar-refractivity contribution in [3.63, 3.8) is 0 Å². The highest BCUT2D eigenvalue weighted by molar-refractivity contribution is 7.89. The van der Waals surface area contributed by atoms with Gasteiger partial charge in [-0.3, -0.25) is 4.99 Å². The Morgan fingerprint density at radius 1 is 1.04 bits per heavy atom. The summed E-state index contributed by atoms with van der Waals surface area (Å²) in [6.45, 7) is 3.55. The first-order valence-electron chi connectivity index (χ1n) is 8.57. The molecule has 0 spiro atoms. The summed E-state index contributed by atoms with van der Waals surface area (Å²) >= 11 is 0. The summed E-state index contributed by atoms with van der Waals surface area (Å²) in [4.78, 5) is 4.36. The third-order valence-electron chi connectivity index (χ3n) is 4.13. The van der Waals surface area contributed by atoms with E-state index in [4.69, 9.17) is 5.14 Å². The summed E-state index contributed by atoms with van der Waals surface area (Å²) in [5.74, 6) is 0.733. The molecule has 0 aliphatic carbocycles. The number of aliphatic imine (C=N–C) groups is 1. The van der Waals surface area contributed by atoms with Crippen molar-refractivity contribution in [2.24, 2.45) is 10.1 Å². The van der Waals surface area contributed by atoms with Crippen molar-refractivity contribution in [1.29, 1.82) is 0 Å². The van der Waals surface area contributed by atoms with Crippen molar-refractivity contribution < 1.29 is 8.42 Å². The second-order valence-corrected chi connectivity index (χ2v) is 7.48. The molecule has 2 aromatic rings. The van der Waals surface area contributed by atoms with E-state index in [1.54, 1.807) is 19.2 Å². The smallest absolute Gasteiger partial charge is 0.238 e. The molecule has 26 heavy (non-hydrogen) atoms. The number of hydrogen-bond donors (Lipinski definition) is 3. The molecule has 0 aliphatic rings. The topological polar surface area (TPSA) is 96.6 Å². The van der Waals surface area contributed by atoms with Gasteiger partial charge in [0.2, 0.25) is 10.0 Å². The zero-order chi connectivity index (χ0) is 19.0. The highest BCUT2D eigenvalue weighted by Crippen LogP contribution is 2.10. The number of sulfonamides is 1. The fourth-order valence-electron chi connectivity index (χ4n) is 2.65. The Morgan fingerprint density at radius 3 is 2.27 bits per heavy atom. The van der Waals surface area contributed by atoms with Gasteiger partial charge in [-0.25, -0.2) is 13.6 Å². The minimum absolute atomic E-state index is 0.126. The number of guanidine groups is 1.